The highest BCUT2D eigenvalue weighted by Crippen LogP contribution is 2.50. The molecule has 1 N–H and O–H groups in total. The van der Waals surface area contributed by atoms with Crippen molar-refractivity contribution in [3.05, 3.63) is 23.0 Å². The SMILES string of the molecule is Oc1cnc(C(F)(F)F)c2c1CCC21OCCO1. The van der Waals surface area contributed by atoms with Crippen molar-refractivity contribution in [1.29, 1.82) is 0 Å². The first-order chi connectivity index (χ1) is 8.44. The number of hydrogen-bond acceptors (Lipinski definition) is 4. The Morgan fingerprint density at radius 3 is 2.56 bits per heavy atom. The predicted octanol–water partition coefficient (Wildman–Crippen LogP) is 1.95. The fraction of sp³-hybridized carbons (Fsp3) is 0.545. The quantitative estimate of drug-likeness (QED) is 0.775. The standard InChI is InChI=1S/C11H10F3NO3/c12-11(13,14)9-8-6(7(16)5-15-9)1-2-10(8)17-3-4-18-10/h5,16H,1-4H2. The number of alkyl halides is 3. The number of aromatic nitrogens is 1. The summed E-state index contributed by atoms with van der Waals surface area (Å²) in [4.78, 5) is 3.31. The third-order valence-corrected chi connectivity index (χ3v) is 3.27. The first kappa shape index (κ1) is 11.7. The second-order valence-electron chi connectivity index (χ2n) is 4.29. The normalized spacial score (nSPS) is 21.5. The van der Waals surface area contributed by atoms with Gasteiger partial charge >= 0.3 is 6.18 Å². The van der Waals surface area contributed by atoms with Gasteiger partial charge in [-0.2, -0.15) is 13.2 Å². The topological polar surface area (TPSA) is 51.6 Å². The average Bonchev–Trinajstić information content (AvgIpc) is 2.88. The lowest BCUT2D eigenvalue weighted by Gasteiger charge is -2.25. The van der Waals surface area contributed by atoms with Crippen molar-refractivity contribution in [2.75, 3.05) is 13.2 Å². The number of fused-ring (bicyclic) bond motifs is 2. The average molecular weight is 261 g/mol. The van der Waals surface area contributed by atoms with Crippen LogP contribution in [0.25, 0.3) is 0 Å². The van der Waals surface area contributed by atoms with Crippen molar-refractivity contribution < 1.29 is 27.8 Å². The minimum atomic E-state index is -4.59. The van der Waals surface area contributed by atoms with Crippen LogP contribution in [0.15, 0.2) is 6.20 Å². The van der Waals surface area contributed by atoms with E-state index in [0.29, 0.717) is 0 Å². The highest BCUT2D eigenvalue weighted by Gasteiger charge is 2.52. The van der Waals surface area contributed by atoms with Gasteiger partial charge in [0, 0.05) is 17.5 Å². The Kier molecular flexibility index (Phi) is 2.33. The number of ether oxygens (including phenoxy) is 2. The van der Waals surface area contributed by atoms with Gasteiger partial charge < -0.3 is 14.6 Å². The van der Waals surface area contributed by atoms with Crippen LogP contribution in [-0.4, -0.2) is 23.3 Å². The van der Waals surface area contributed by atoms with Crippen molar-refractivity contribution in [3.63, 3.8) is 0 Å². The molecule has 1 aliphatic heterocycles. The number of nitrogens with zero attached hydrogens (tertiary/aromatic N) is 1. The van der Waals surface area contributed by atoms with Crippen LogP contribution in [0.2, 0.25) is 0 Å². The number of rotatable bonds is 0. The molecule has 18 heavy (non-hydrogen) atoms. The third kappa shape index (κ3) is 1.50. The van der Waals surface area contributed by atoms with E-state index in [-0.39, 0.29) is 42.9 Å². The summed E-state index contributed by atoms with van der Waals surface area (Å²) in [7, 11) is 0. The first-order valence-corrected chi connectivity index (χ1v) is 5.50. The van der Waals surface area contributed by atoms with Crippen LogP contribution in [0.1, 0.15) is 23.2 Å². The van der Waals surface area contributed by atoms with Crippen molar-refractivity contribution in [3.8, 4) is 5.75 Å². The zero-order valence-electron chi connectivity index (χ0n) is 9.25. The molecule has 0 amide bonds. The van der Waals surface area contributed by atoms with Gasteiger partial charge in [-0.1, -0.05) is 0 Å². The summed E-state index contributed by atoms with van der Waals surface area (Å²) in [6.07, 6.45) is -3.21. The molecule has 3 rings (SSSR count). The van der Waals surface area contributed by atoms with E-state index in [1.807, 2.05) is 0 Å². The molecule has 1 aliphatic carbocycles. The van der Waals surface area contributed by atoms with E-state index < -0.39 is 17.7 Å². The third-order valence-electron chi connectivity index (χ3n) is 3.27. The molecule has 0 aromatic carbocycles. The van der Waals surface area contributed by atoms with E-state index >= 15 is 0 Å². The van der Waals surface area contributed by atoms with Gasteiger partial charge in [0.15, 0.2) is 11.5 Å². The molecule has 2 heterocycles. The molecular weight excluding hydrogens is 251 g/mol. The Balaban J connectivity index is 2.23. The van der Waals surface area contributed by atoms with Gasteiger partial charge in [0.25, 0.3) is 0 Å². The Morgan fingerprint density at radius 1 is 1.28 bits per heavy atom. The highest BCUT2D eigenvalue weighted by molar-refractivity contribution is 5.47. The number of halogens is 3. The maximum atomic E-state index is 13.0. The zero-order valence-corrected chi connectivity index (χ0v) is 9.25. The second-order valence-corrected chi connectivity index (χ2v) is 4.29. The lowest BCUT2D eigenvalue weighted by Crippen LogP contribution is -2.28. The van der Waals surface area contributed by atoms with E-state index in [0.717, 1.165) is 6.20 Å². The van der Waals surface area contributed by atoms with Crippen LogP contribution >= 0.6 is 0 Å². The molecule has 0 unspecified atom stereocenters. The monoisotopic (exact) mass is 261 g/mol. The van der Waals surface area contributed by atoms with Gasteiger partial charge in [0.05, 0.1) is 19.4 Å². The van der Waals surface area contributed by atoms with Crippen LogP contribution in [0.5, 0.6) is 5.75 Å². The molecule has 1 spiro atoms. The Hall–Kier alpha value is -1.34. The minimum Gasteiger partial charge on any atom is -0.506 e. The summed E-state index contributed by atoms with van der Waals surface area (Å²) in [6.45, 7) is 0.485. The Bertz CT molecular complexity index is 495. The lowest BCUT2D eigenvalue weighted by atomic mass is 10.0. The van der Waals surface area contributed by atoms with Gasteiger partial charge in [-0.15, -0.1) is 0 Å². The van der Waals surface area contributed by atoms with Crippen molar-refractivity contribution in [2.24, 2.45) is 0 Å². The van der Waals surface area contributed by atoms with Crippen LogP contribution in [0, 0.1) is 0 Å². The number of aromatic hydroxyl groups is 1. The maximum absolute atomic E-state index is 13.0. The molecular formula is C11H10F3NO3. The van der Waals surface area contributed by atoms with Crippen molar-refractivity contribution >= 4 is 0 Å². The van der Waals surface area contributed by atoms with Crippen molar-refractivity contribution in [1.82, 2.24) is 4.98 Å². The molecule has 1 aromatic rings. The molecule has 0 saturated carbocycles. The van der Waals surface area contributed by atoms with E-state index in [9.17, 15) is 18.3 Å². The van der Waals surface area contributed by atoms with Gasteiger partial charge in [-0.25, -0.2) is 4.98 Å². The minimum absolute atomic E-state index is 0.160. The fourth-order valence-electron chi connectivity index (χ4n) is 2.58. The molecule has 2 aliphatic rings. The largest absolute Gasteiger partial charge is 0.506 e. The van der Waals surface area contributed by atoms with Gasteiger partial charge in [0.1, 0.15) is 5.75 Å². The number of pyridine rings is 1. The molecule has 1 fully saturated rings. The molecule has 0 radical (unpaired) electrons. The zero-order chi connectivity index (χ0) is 13.0. The van der Waals surface area contributed by atoms with Crippen molar-refractivity contribution in [2.45, 2.75) is 24.8 Å². The van der Waals surface area contributed by atoms with E-state index in [4.69, 9.17) is 9.47 Å². The summed E-state index contributed by atoms with van der Waals surface area (Å²) in [6, 6.07) is 0. The first-order valence-electron chi connectivity index (χ1n) is 5.50. The molecule has 4 nitrogen and oxygen atoms in total. The van der Waals surface area contributed by atoms with Crippen LogP contribution in [0.3, 0.4) is 0 Å². The predicted molar refractivity (Wildman–Crippen MR) is 52.8 cm³/mol. The maximum Gasteiger partial charge on any atom is 0.433 e. The smallest absolute Gasteiger partial charge is 0.433 e. The van der Waals surface area contributed by atoms with Crippen LogP contribution in [-0.2, 0) is 27.9 Å². The van der Waals surface area contributed by atoms with E-state index in [1.54, 1.807) is 0 Å². The van der Waals surface area contributed by atoms with E-state index in [1.165, 1.54) is 0 Å². The summed E-state index contributed by atoms with van der Waals surface area (Å²) < 4.78 is 49.6. The summed E-state index contributed by atoms with van der Waals surface area (Å²) in [5.41, 5.74) is -0.971. The van der Waals surface area contributed by atoms with Gasteiger partial charge in [0.2, 0.25) is 0 Å². The Morgan fingerprint density at radius 2 is 1.94 bits per heavy atom. The summed E-state index contributed by atoms with van der Waals surface area (Å²) in [5.74, 6) is -1.62. The molecule has 98 valence electrons. The van der Waals surface area contributed by atoms with Gasteiger partial charge in [-0.3, -0.25) is 0 Å². The highest BCUT2D eigenvalue weighted by atomic mass is 19.4. The summed E-state index contributed by atoms with van der Waals surface area (Å²) in [5, 5.41) is 9.62. The Labute approximate surface area is 100 Å². The molecule has 7 heteroatoms. The molecule has 0 bridgehead atoms. The van der Waals surface area contributed by atoms with Crippen LogP contribution in [0.4, 0.5) is 13.2 Å². The summed E-state index contributed by atoms with van der Waals surface area (Å²) >= 11 is 0. The number of hydrogen-bond donors (Lipinski definition) is 1. The molecule has 0 atom stereocenters. The van der Waals surface area contributed by atoms with E-state index in [2.05, 4.69) is 4.98 Å². The second kappa shape index (κ2) is 3.58. The molecule has 1 saturated heterocycles. The fourth-order valence-corrected chi connectivity index (χ4v) is 2.58. The van der Waals surface area contributed by atoms with Crippen LogP contribution < -0.4 is 0 Å². The lowest BCUT2D eigenvalue weighted by molar-refractivity contribution is -0.177. The molecule has 1 aromatic heterocycles. The van der Waals surface area contributed by atoms with Gasteiger partial charge in [-0.05, 0) is 6.42 Å².